The van der Waals surface area contributed by atoms with E-state index >= 15 is 0 Å². The lowest BCUT2D eigenvalue weighted by molar-refractivity contribution is -0.119. The molecule has 1 aliphatic rings. The van der Waals surface area contributed by atoms with Crippen LogP contribution in [-0.4, -0.2) is 44.1 Å². The summed E-state index contributed by atoms with van der Waals surface area (Å²) in [6, 6.07) is 3.66. The number of rotatable bonds is 5. The Morgan fingerprint density at radius 2 is 2.21 bits per heavy atom. The molecule has 2 aromatic rings. The summed E-state index contributed by atoms with van der Waals surface area (Å²) in [5, 5.41) is 7.37. The van der Waals surface area contributed by atoms with Gasteiger partial charge in [-0.25, -0.2) is 0 Å². The lowest BCUT2D eigenvalue weighted by Crippen LogP contribution is -2.41. The van der Waals surface area contributed by atoms with Gasteiger partial charge in [0, 0.05) is 51.2 Å². The Hall–Kier alpha value is -2.41. The van der Waals surface area contributed by atoms with Crippen molar-refractivity contribution >= 4 is 23.4 Å². The highest BCUT2D eigenvalue weighted by Gasteiger charge is 2.28. The van der Waals surface area contributed by atoms with E-state index in [1.54, 1.807) is 30.5 Å². The molecule has 0 radical (unpaired) electrons. The van der Waals surface area contributed by atoms with Crippen LogP contribution in [0.3, 0.4) is 0 Å². The highest BCUT2D eigenvalue weighted by Crippen LogP contribution is 2.18. The van der Waals surface area contributed by atoms with Crippen molar-refractivity contribution in [2.45, 2.75) is 25.4 Å². The van der Waals surface area contributed by atoms with Crippen molar-refractivity contribution in [1.29, 1.82) is 0 Å². The van der Waals surface area contributed by atoms with Crippen molar-refractivity contribution in [2.75, 3.05) is 6.54 Å². The molecule has 0 bridgehead atoms. The number of nitrogens with zero attached hydrogens (tertiary/aromatic N) is 4. The van der Waals surface area contributed by atoms with Gasteiger partial charge in [0.2, 0.25) is 5.91 Å². The van der Waals surface area contributed by atoms with Crippen LogP contribution in [0.4, 0.5) is 0 Å². The second kappa shape index (κ2) is 7.00. The van der Waals surface area contributed by atoms with Crippen molar-refractivity contribution in [1.82, 2.24) is 25.0 Å². The van der Waals surface area contributed by atoms with Crippen LogP contribution >= 0.6 is 11.6 Å². The second-order valence-electron chi connectivity index (χ2n) is 5.84. The molecule has 2 amide bonds. The summed E-state index contributed by atoms with van der Waals surface area (Å²) >= 11 is 6.12. The third-order valence-corrected chi connectivity index (χ3v) is 4.20. The van der Waals surface area contributed by atoms with Crippen molar-refractivity contribution in [2.24, 2.45) is 7.05 Å². The molecular formula is C16H18ClN5O2. The number of pyridine rings is 1. The highest BCUT2D eigenvalue weighted by atomic mass is 35.5. The predicted octanol–water partition coefficient (Wildman–Crippen LogP) is 1.39. The van der Waals surface area contributed by atoms with Crippen LogP contribution in [0.5, 0.6) is 0 Å². The van der Waals surface area contributed by atoms with Crippen molar-refractivity contribution in [3.8, 4) is 0 Å². The number of aromatic nitrogens is 3. The summed E-state index contributed by atoms with van der Waals surface area (Å²) in [7, 11) is 1.72. The van der Waals surface area contributed by atoms with E-state index in [0.29, 0.717) is 24.5 Å². The number of aryl methyl sites for hydroxylation is 1. The van der Waals surface area contributed by atoms with Crippen molar-refractivity contribution in [3.05, 3.63) is 47.0 Å². The fourth-order valence-electron chi connectivity index (χ4n) is 2.76. The first-order valence-electron chi connectivity index (χ1n) is 7.69. The number of halogens is 1. The zero-order valence-electron chi connectivity index (χ0n) is 13.3. The molecule has 0 saturated carbocycles. The average Bonchev–Trinajstić information content (AvgIpc) is 3.12. The Bertz CT molecular complexity index is 746. The molecule has 7 nitrogen and oxygen atoms in total. The van der Waals surface area contributed by atoms with Gasteiger partial charge in [-0.1, -0.05) is 11.6 Å². The fraction of sp³-hybridized carbons (Fsp3) is 0.375. The molecule has 8 heteroatoms. The smallest absolute Gasteiger partial charge is 0.276 e. The molecular weight excluding hydrogens is 330 g/mol. The van der Waals surface area contributed by atoms with Crippen LogP contribution < -0.4 is 5.32 Å². The Morgan fingerprint density at radius 3 is 2.79 bits per heavy atom. The molecule has 1 saturated heterocycles. The van der Waals surface area contributed by atoms with Gasteiger partial charge in [0.15, 0.2) is 5.69 Å². The SMILES string of the molecule is Cn1cc(Cl)c(C(=O)N(Cc2ccncc2)C[C@@H]2CCC(=O)N2)n1. The predicted molar refractivity (Wildman–Crippen MR) is 88.4 cm³/mol. The molecule has 24 heavy (non-hydrogen) atoms. The van der Waals surface area contributed by atoms with E-state index < -0.39 is 0 Å². The topological polar surface area (TPSA) is 80.1 Å². The van der Waals surface area contributed by atoms with E-state index in [-0.39, 0.29) is 23.6 Å². The Kier molecular flexibility index (Phi) is 4.80. The second-order valence-corrected chi connectivity index (χ2v) is 6.25. The summed E-state index contributed by atoms with van der Waals surface area (Å²) in [5.74, 6) is -0.231. The third-order valence-electron chi connectivity index (χ3n) is 3.92. The fourth-order valence-corrected chi connectivity index (χ4v) is 3.02. The Labute approximate surface area is 144 Å². The largest absolute Gasteiger partial charge is 0.352 e. The van der Waals surface area contributed by atoms with Crippen LogP contribution in [-0.2, 0) is 18.4 Å². The van der Waals surface area contributed by atoms with Gasteiger partial charge >= 0.3 is 0 Å². The third kappa shape index (κ3) is 3.73. The summed E-state index contributed by atoms with van der Waals surface area (Å²) in [4.78, 5) is 30.0. The zero-order valence-corrected chi connectivity index (χ0v) is 14.0. The first-order chi connectivity index (χ1) is 11.5. The summed E-state index contributed by atoms with van der Waals surface area (Å²) in [6.45, 7) is 0.820. The molecule has 3 heterocycles. The Balaban J connectivity index is 1.81. The quantitative estimate of drug-likeness (QED) is 0.886. The average molecular weight is 348 g/mol. The van der Waals surface area contributed by atoms with Crippen LogP contribution in [0.25, 0.3) is 0 Å². The van der Waals surface area contributed by atoms with Gasteiger partial charge in [-0.15, -0.1) is 0 Å². The highest BCUT2D eigenvalue weighted by molar-refractivity contribution is 6.33. The van der Waals surface area contributed by atoms with Crippen molar-refractivity contribution in [3.63, 3.8) is 0 Å². The number of hydrogen-bond acceptors (Lipinski definition) is 4. The molecule has 0 aromatic carbocycles. The number of nitrogens with one attached hydrogen (secondary N) is 1. The number of carbonyl (C=O) groups is 2. The molecule has 1 fully saturated rings. The molecule has 1 N–H and O–H groups in total. The molecule has 0 unspecified atom stereocenters. The molecule has 126 valence electrons. The minimum absolute atomic E-state index is 0.0205. The normalized spacial score (nSPS) is 16.9. The van der Waals surface area contributed by atoms with E-state index in [0.717, 1.165) is 12.0 Å². The summed E-state index contributed by atoms with van der Waals surface area (Å²) < 4.78 is 1.51. The summed E-state index contributed by atoms with van der Waals surface area (Å²) in [6.07, 6.45) is 6.17. The maximum atomic E-state index is 12.9. The van der Waals surface area contributed by atoms with E-state index in [1.165, 1.54) is 4.68 Å². The van der Waals surface area contributed by atoms with E-state index in [4.69, 9.17) is 11.6 Å². The van der Waals surface area contributed by atoms with Gasteiger partial charge in [-0.3, -0.25) is 19.3 Å². The molecule has 0 spiro atoms. The van der Waals surface area contributed by atoms with Crippen LogP contribution in [0, 0.1) is 0 Å². The lowest BCUT2D eigenvalue weighted by Gasteiger charge is -2.25. The first kappa shape index (κ1) is 16.4. The van der Waals surface area contributed by atoms with Crippen LogP contribution in [0.1, 0.15) is 28.9 Å². The van der Waals surface area contributed by atoms with Gasteiger partial charge in [0.1, 0.15) is 0 Å². The van der Waals surface area contributed by atoms with Gasteiger partial charge in [-0.05, 0) is 24.1 Å². The van der Waals surface area contributed by atoms with Crippen molar-refractivity contribution < 1.29 is 9.59 Å². The Morgan fingerprint density at radius 1 is 1.46 bits per heavy atom. The molecule has 2 aromatic heterocycles. The number of hydrogen-bond donors (Lipinski definition) is 1. The lowest BCUT2D eigenvalue weighted by atomic mass is 10.1. The van der Waals surface area contributed by atoms with E-state index in [1.807, 2.05) is 12.1 Å². The monoisotopic (exact) mass is 347 g/mol. The van der Waals surface area contributed by atoms with E-state index in [9.17, 15) is 9.59 Å². The minimum Gasteiger partial charge on any atom is -0.352 e. The summed E-state index contributed by atoms with van der Waals surface area (Å²) in [5.41, 5.74) is 1.17. The number of amides is 2. The van der Waals surface area contributed by atoms with Gasteiger partial charge < -0.3 is 10.2 Å². The van der Waals surface area contributed by atoms with Crippen LogP contribution in [0.15, 0.2) is 30.7 Å². The molecule has 0 aliphatic carbocycles. The molecule has 1 atom stereocenters. The van der Waals surface area contributed by atoms with Gasteiger partial charge in [0.05, 0.1) is 5.02 Å². The minimum atomic E-state index is -0.251. The van der Waals surface area contributed by atoms with Gasteiger partial charge in [0.25, 0.3) is 5.91 Å². The molecule has 3 rings (SSSR count). The zero-order chi connectivity index (χ0) is 17.1. The van der Waals surface area contributed by atoms with Crippen LogP contribution in [0.2, 0.25) is 5.02 Å². The first-order valence-corrected chi connectivity index (χ1v) is 8.07. The number of carbonyl (C=O) groups excluding carboxylic acids is 2. The maximum Gasteiger partial charge on any atom is 0.276 e. The van der Waals surface area contributed by atoms with E-state index in [2.05, 4.69) is 15.4 Å². The standard InChI is InChI=1S/C16H18ClN5O2/c1-21-10-13(17)15(20-21)16(24)22(8-11-4-6-18-7-5-11)9-12-2-3-14(23)19-12/h4-7,10,12H,2-3,8-9H2,1H3,(H,19,23)/t12-/m0/s1. The van der Waals surface area contributed by atoms with Gasteiger partial charge in [-0.2, -0.15) is 5.10 Å². The molecule has 1 aliphatic heterocycles. The maximum absolute atomic E-state index is 12.9.